The molecule has 0 radical (unpaired) electrons. The molecule has 2 heterocycles. The van der Waals surface area contributed by atoms with Crippen LogP contribution in [0.2, 0.25) is 0 Å². The van der Waals surface area contributed by atoms with Gasteiger partial charge in [-0.1, -0.05) is 29.2 Å². The van der Waals surface area contributed by atoms with Crippen LogP contribution in [0.4, 0.5) is 10.8 Å². The average Bonchev–Trinajstić information content (AvgIpc) is 2.91. The Kier molecular flexibility index (Phi) is 4.79. The molecule has 3 rings (SSSR count). The van der Waals surface area contributed by atoms with Gasteiger partial charge in [-0.05, 0) is 18.6 Å². The molecule has 1 N–H and O–H groups in total. The SMILES string of the molecule is COc1cccc(Nc2nnc(SCC(=O)N3CCC3)s2)c1. The summed E-state index contributed by atoms with van der Waals surface area (Å²) in [5.74, 6) is 1.38. The first-order valence-electron chi connectivity index (χ1n) is 6.90. The molecule has 0 unspecified atom stereocenters. The summed E-state index contributed by atoms with van der Waals surface area (Å²) < 4.78 is 5.97. The van der Waals surface area contributed by atoms with Gasteiger partial charge in [-0.2, -0.15) is 0 Å². The third-order valence-corrected chi connectivity index (χ3v) is 5.21. The van der Waals surface area contributed by atoms with Crippen LogP contribution in [0.25, 0.3) is 0 Å². The van der Waals surface area contributed by atoms with Gasteiger partial charge in [0.05, 0.1) is 12.9 Å². The fourth-order valence-corrected chi connectivity index (χ4v) is 3.60. The molecule has 0 spiro atoms. The zero-order chi connectivity index (χ0) is 15.4. The molecular weight excluding hydrogens is 320 g/mol. The Labute approximate surface area is 136 Å². The first-order valence-corrected chi connectivity index (χ1v) is 8.70. The molecular formula is C14H16N4O2S2. The number of aromatic nitrogens is 2. The highest BCUT2D eigenvalue weighted by Crippen LogP contribution is 2.29. The fourth-order valence-electron chi connectivity index (χ4n) is 1.92. The molecule has 22 heavy (non-hydrogen) atoms. The number of likely N-dealkylation sites (tertiary alicyclic amines) is 1. The Morgan fingerprint density at radius 3 is 3.05 bits per heavy atom. The van der Waals surface area contributed by atoms with Gasteiger partial charge in [0.15, 0.2) is 4.34 Å². The molecule has 1 aliphatic rings. The predicted octanol–water partition coefficient (Wildman–Crippen LogP) is 2.61. The standard InChI is InChI=1S/C14H16N4O2S2/c1-20-11-5-2-4-10(8-11)15-13-16-17-14(22-13)21-9-12(19)18-6-3-7-18/h2,4-5,8H,3,6-7,9H2,1H3,(H,15,16). The van der Waals surface area contributed by atoms with Crippen molar-refractivity contribution in [2.24, 2.45) is 0 Å². The predicted molar refractivity (Wildman–Crippen MR) is 88.1 cm³/mol. The zero-order valence-corrected chi connectivity index (χ0v) is 13.7. The average molecular weight is 336 g/mol. The van der Waals surface area contributed by atoms with Gasteiger partial charge in [-0.3, -0.25) is 4.79 Å². The molecule has 116 valence electrons. The molecule has 0 bridgehead atoms. The molecule has 1 saturated heterocycles. The first kappa shape index (κ1) is 15.1. The molecule has 0 aliphatic carbocycles. The summed E-state index contributed by atoms with van der Waals surface area (Å²) in [6, 6.07) is 7.61. The number of nitrogens with one attached hydrogen (secondary N) is 1. The highest BCUT2D eigenvalue weighted by atomic mass is 32.2. The van der Waals surface area contributed by atoms with E-state index >= 15 is 0 Å². The summed E-state index contributed by atoms with van der Waals surface area (Å²) in [6.45, 7) is 1.77. The van der Waals surface area contributed by atoms with Gasteiger partial charge in [-0.25, -0.2) is 0 Å². The Hall–Kier alpha value is -1.80. The lowest BCUT2D eigenvalue weighted by atomic mass is 10.2. The summed E-state index contributed by atoms with van der Waals surface area (Å²) in [4.78, 5) is 13.7. The fraction of sp³-hybridized carbons (Fsp3) is 0.357. The zero-order valence-electron chi connectivity index (χ0n) is 12.1. The summed E-state index contributed by atoms with van der Waals surface area (Å²) in [7, 11) is 1.63. The number of amides is 1. The maximum atomic E-state index is 11.8. The molecule has 0 atom stereocenters. The molecule has 8 heteroatoms. The van der Waals surface area contributed by atoms with Crippen LogP contribution in [0, 0.1) is 0 Å². The largest absolute Gasteiger partial charge is 0.497 e. The lowest BCUT2D eigenvalue weighted by Gasteiger charge is -2.30. The van der Waals surface area contributed by atoms with Crippen molar-refractivity contribution in [3.05, 3.63) is 24.3 Å². The highest BCUT2D eigenvalue weighted by molar-refractivity contribution is 8.01. The topological polar surface area (TPSA) is 67.3 Å². The minimum absolute atomic E-state index is 0.175. The molecule has 1 aromatic carbocycles. The molecule has 6 nitrogen and oxygen atoms in total. The van der Waals surface area contributed by atoms with Gasteiger partial charge in [0.25, 0.3) is 0 Å². The van der Waals surface area contributed by atoms with Crippen LogP contribution in [0.1, 0.15) is 6.42 Å². The van der Waals surface area contributed by atoms with E-state index in [9.17, 15) is 4.79 Å². The van der Waals surface area contributed by atoms with Crippen molar-refractivity contribution in [3.8, 4) is 5.75 Å². The molecule has 2 aromatic rings. The summed E-state index contributed by atoms with van der Waals surface area (Å²) in [6.07, 6.45) is 1.11. The number of ether oxygens (including phenoxy) is 1. The van der Waals surface area contributed by atoms with Gasteiger partial charge >= 0.3 is 0 Å². The number of carbonyl (C=O) groups is 1. The summed E-state index contributed by atoms with van der Waals surface area (Å²) >= 11 is 2.87. The second-order valence-corrected chi connectivity index (χ2v) is 6.95. The van der Waals surface area contributed by atoms with Crippen LogP contribution in [0.3, 0.4) is 0 Å². The number of hydrogen-bond donors (Lipinski definition) is 1. The molecule has 1 fully saturated rings. The van der Waals surface area contributed by atoms with E-state index in [1.807, 2.05) is 29.2 Å². The van der Waals surface area contributed by atoms with Crippen molar-refractivity contribution in [1.82, 2.24) is 15.1 Å². The lowest BCUT2D eigenvalue weighted by molar-refractivity contribution is -0.131. The van der Waals surface area contributed by atoms with Crippen molar-refractivity contribution in [3.63, 3.8) is 0 Å². The van der Waals surface area contributed by atoms with Crippen molar-refractivity contribution >= 4 is 39.8 Å². The van der Waals surface area contributed by atoms with Gasteiger partial charge in [-0.15, -0.1) is 10.2 Å². The summed E-state index contributed by atoms with van der Waals surface area (Å²) in [5.41, 5.74) is 0.892. The highest BCUT2D eigenvalue weighted by Gasteiger charge is 2.20. The molecule has 1 aromatic heterocycles. The van der Waals surface area contributed by atoms with Crippen molar-refractivity contribution in [2.45, 2.75) is 10.8 Å². The van der Waals surface area contributed by atoms with Gasteiger partial charge in [0.2, 0.25) is 11.0 Å². The van der Waals surface area contributed by atoms with Gasteiger partial charge < -0.3 is 15.0 Å². The number of nitrogens with zero attached hydrogens (tertiary/aromatic N) is 3. The second kappa shape index (κ2) is 6.97. The van der Waals surface area contributed by atoms with Gasteiger partial charge in [0.1, 0.15) is 5.75 Å². The quantitative estimate of drug-likeness (QED) is 0.818. The van der Waals surface area contributed by atoms with E-state index in [0.29, 0.717) is 10.9 Å². The minimum Gasteiger partial charge on any atom is -0.497 e. The van der Waals surface area contributed by atoms with E-state index in [-0.39, 0.29) is 5.91 Å². The molecule has 1 amide bonds. The lowest BCUT2D eigenvalue weighted by Crippen LogP contribution is -2.42. The number of benzene rings is 1. The van der Waals surface area contributed by atoms with E-state index in [0.717, 1.165) is 35.3 Å². The van der Waals surface area contributed by atoms with Crippen LogP contribution >= 0.6 is 23.1 Å². The van der Waals surface area contributed by atoms with Gasteiger partial charge in [0, 0.05) is 24.8 Å². The Bertz CT molecular complexity index is 658. The maximum absolute atomic E-state index is 11.8. The van der Waals surface area contributed by atoms with Crippen molar-refractivity contribution in [2.75, 3.05) is 31.3 Å². The number of anilines is 2. The van der Waals surface area contributed by atoms with Crippen LogP contribution in [0.5, 0.6) is 5.75 Å². The Morgan fingerprint density at radius 2 is 2.32 bits per heavy atom. The van der Waals surface area contributed by atoms with Crippen molar-refractivity contribution in [1.29, 1.82) is 0 Å². The Balaban J connectivity index is 1.55. The van der Waals surface area contributed by atoms with Crippen LogP contribution < -0.4 is 10.1 Å². The first-order chi connectivity index (χ1) is 10.7. The smallest absolute Gasteiger partial charge is 0.233 e. The third-order valence-electron chi connectivity index (χ3n) is 3.26. The van der Waals surface area contributed by atoms with E-state index in [1.54, 1.807) is 7.11 Å². The normalized spacial score (nSPS) is 13.6. The van der Waals surface area contributed by atoms with E-state index in [4.69, 9.17) is 4.74 Å². The van der Waals surface area contributed by atoms with E-state index in [2.05, 4.69) is 15.5 Å². The van der Waals surface area contributed by atoms with E-state index < -0.39 is 0 Å². The number of hydrogen-bond acceptors (Lipinski definition) is 7. The minimum atomic E-state index is 0.175. The number of rotatable bonds is 6. The molecule has 0 saturated carbocycles. The maximum Gasteiger partial charge on any atom is 0.233 e. The Morgan fingerprint density at radius 1 is 1.45 bits per heavy atom. The van der Waals surface area contributed by atoms with Crippen LogP contribution in [-0.4, -0.2) is 47.0 Å². The van der Waals surface area contributed by atoms with Crippen LogP contribution in [0.15, 0.2) is 28.6 Å². The molecule has 1 aliphatic heterocycles. The second-order valence-electron chi connectivity index (χ2n) is 4.75. The van der Waals surface area contributed by atoms with Crippen molar-refractivity contribution < 1.29 is 9.53 Å². The van der Waals surface area contributed by atoms with E-state index in [1.165, 1.54) is 23.1 Å². The number of methoxy groups -OCH3 is 1. The summed E-state index contributed by atoms with van der Waals surface area (Å²) in [5, 5.41) is 12.1. The number of thioether (sulfide) groups is 1. The van der Waals surface area contributed by atoms with Crippen LogP contribution in [-0.2, 0) is 4.79 Å². The monoisotopic (exact) mass is 336 g/mol. The number of carbonyl (C=O) groups excluding carboxylic acids is 1. The third kappa shape index (κ3) is 3.69.